The summed E-state index contributed by atoms with van der Waals surface area (Å²) in [6.07, 6.45) is 2.57. The Morgan fingerprint density at radius 1 is 1.32 bits per heavy atom. The SMILES string of the molecule is Cc1cccc(Cl)c1-n1c(C)cc2c1CCCC2O. The zero-order valence-corrected chi connectivity index (χ0v) is 12.0. The van der Waals surface area contributed by atoms with E-state index in [1.165, 1.54) is 5.69 Å². The summed E-state index contributed by atoms with van der Waals surface area (Å²) in [4.78, 5) is 0. The molecular weight excluding hydrogens is 258 g/mol. The number of aromatic nitrogens is 1. The molecule has 1 aliphatic carbocycles. The van der Waals surface area contributed by atoms with E-state index in [0.29, 0.717) is 0 Å². The van der Waals surface area contributed by atoms with E-state index in [0.717, 1.165) is 46.8 Å². The highest BCUT2D eigenvalue weighted by Gasteiger charge is 2.24. The Kier molecular flexibility index (Phi) is 3.15. The van der Waals surface area contributed by atoms with Crippen molar-refractivity contribution in [3.05, 3.63) is 51.8 Å². The molecule has 1 atom stereocenters. The van der Waals surface area contributed by atoms with Crippen molar-refractivity contribution in [2.45, 2.75) is 39.2 Å². The molecule has 1 aliphatic rings. The zero-order chi connectivity index (χ0) is 13.6. The molecule has 1 aromatic heterocycles. The molecule has 0 amide bonds. The van der Waals surface area contributed by atoms with Gasteiger partial charge in [0.15, 0.2) is 0 Å². The number of fused-ring (bicyclic) bond motifs is 1. The molecule has 2 aromatic rings. The van der Waals surface area contributed by atoms with Crippen molar-refractivity contribution in [3.8, 4) is 5.69 Å². The fourth-order valence-corrected chi connectivity index (χ4v) is 3.40. The minimum Gasteiger partial charge on any atom is -0.388 e. The van der Waals surface area contributed by atoms with Crippen LogP contribution in [0.1, 0.15) is 41.5 Å². The molecule has 0 aliphatic heterocycles. The monoisotopic (exact) mass is 275 g/mol. The van der Waals surface area contributed by atoms with Crippen molar-refractivity contribution < 1.29 is 5.11 Å². The van der Waals surface area contributed by atoms with Crippen LogP contribution < -0.4 is 0 Å². The van der Waals surface area contributed by atoms with Crippen LogP contribution in [0.5, 0.6) is 0 Å². The summed E-state index contributed by atoms with van der Waals surface area (Å²) in [6.45, 7) is 4.15. The van der Waals surface area contributed by atoms with Crippen LogP contribution in [0.2, 0.25) is 5.02 Å². The first-order valence-corrected chi connectivity index (χ1v) is 7.12. The van der Waals surface area contributed by atoms with Gasteiger partial charge < -0.3 is 9.67 Å². The first kappa shape index (κ1) is 12.8. The highest BCUT2D eigenvalue weighted by molar-refractivity contribution is 6.32. The molecule has 3 heteroatoms. The van der Waals surface area contributed by atoms with Gasteiger partial charge in [-0.1, -0.05) is 23.7 Å². The highest BCUT2D eigenvalue weighted by atomic mass is 35.5. The van der Waals surface area contributed by atoms with Gasteiger partial charge in [0.1, 0.15) is 0 Å². The molecule has 0 saturated heterocycles. The van der Waals surface area contributed by atoms with Crippen molar-refractivity contribution in [2.24, 2.45) is 0 Å². The molecule has 0 spiro atoms. The van der Waals surface area contributed by atoms with Gasteiger partial charge in [-0.2, -0.15) is 0 Å². The van der Waals surface area contributed by atoms with Gasteiger partial charge in [0.2, 0.25) is 0 Å². The predicted molar refractivity (Wildman–Crippen MR) is 78.2 cm³/mol. The Morgan fingerprint density at radius 2 is 2.11 bits per heavy atom. The molecule has 1 unspecified atom stereocenters. The molecule has 0 radical (unpaired) electrons. The Morgan fingerprint density at radius 3 is 2.84 bits per heavy atom. The second-order valence-electron chi connectivity index (χ2n) is 5.34. The lowest BCUT2D eigenvalue weighted by Gasteiger charge is -2.22. The topological polar surface area (TPSA) is 25.2 Å². The number of rotatable bonds is 1. The zero-order valence-electron chi connectivity index (χ0n) is 11.3. The van der Waals surface area contributed by atoms with E-state index in [1.807, 2.05) is 12.1 Å². The molecule has 0 fully saturated rings. The molecule has 1 aromatic carbocycles. The van der Waals surface area contributed by atoms with Gasteiger partial charge in [0.05, 0.1) is 16.8 Å². The van der Waals surface area contributed by atoms with Gasteiger partial charge >= 0.3 is 0 Å². The Hall–Kier alpha value is -1.25. The number of nitrogens with zero attached hydrogens (tertiary/aromatic N) is 1. The van der Waals surface area contributed by atoms with Gasteiger partial charge in [0.25, 0.3) is 0 Å². The van der Waals surface area contributed by atoms with Gasteiger partial charge in [-0.3, -0.25) is 0 Å². The van der Waals surface area contributed by atoms with Crippen LogP contribution in [0.4, 0.5) is 0 Å². The normalized spacial score (nSPS) is 18.4. The average molecular weight is 276 g/mol. The van der Waals surface area contributed by atoms with Crippen LogP contribution in [0.25, 0.3) is 5.69 Å². The summed E-state index contributed by atoms with van der Waals surface area (Å²) in [5, 5.41) is 10.9. The molecule has 1 N–H and O–H groups in total. The number of halogens is 1. The molecule has 0 bridgehead atoms. The molecule has 100 valence electrons. The van der Waals surface area contributed by atoms with Gasteiger partial charge in [-0.05, 0) is 50.8 Å². The lowest BCUT2D eigenvalue weighted by molar-refractivity contribution is 0.156. The van der Waals surface area contributed by atoms with Crippen LogP contribution in [-0.2, 0) is 6.42 Å². The maximum absolute atomic E-state index is 10.1. The van der Waals surface area contributed by atoms with Crippen LogP contribution >= 0.6 is 11.6 Å². The number of aliphatic hydroxyl groups is 1. The average Bonchev–Trinajstić information content (AvgIpc) is 2.68. The molecule has 0 saturated carbocycles. The summed E-state index contributed by atoms with van der Waals surface area (Å²) in [7, 11) is 0. The van der Waals surface area contributed by atoms with Crippen LogP contribution in [0.3, 0.4) is 0 Å². The summed E-state index contributed by atoms with van der Waals surface area (Å²) in [6, 6.07) is 8.07. The van der Waals surface area contributed by atoms with Crippen molar-refractivity contribution in [1.82, 2.24) is 4.57 Å². The number of hydrogen-bond donors (Lipinski definition) is 1. The first-order valence-electron chi connectivity index (χ1n) is 6.74. The van der Waals surface area contributed by atoms with E-state index < -0.39 is 0 Å². The lowest BCUT2D eigenvalue weighted by Crippen LogP contribution is -2.12. The number of hydrogen-bond acceptors (Lipinski definition) is 1. The number of aliphatic hydroxyl groups excluding tert-OH is 1. The minimum absolute atomic E-state index is 0.327. The molecular formula is C16H18ClNO. The summed E-state index contributed by atoms with van der Waals surface area (Å²) >= 11 is 6.39. The third kappa shape index (κ3) is 1.99. The largest absolute Gasteiger partial charge is 0.388 e. The predicted octanol–water partition coefficient (Wildman–Crippen LogP) is 4.12. The van der Waals surface area contributed by atoms with E-state index >= 15 is 0 Å². The fourth-order valence-electron chi connectivity index (χ4n) is 3.10. The summed E-state index contributed by atoms with van der Waals surface area (Å²) in [5.41, 5.74) is 5.64. The third-order valence-corrected chi connectivity index (χ3v) is 4.29. The van der Waals surface area contributed by atoms with E-state index in [1.54, 1.807) is 0 Å². The first-order chi connectivity index (χ1) is 9.09. The standard InChI is InChI=1S/C16H18ClNO/c1-10-5-3-6-13(17)16(10)18-11(2)9-12-14(18)7-4-8-15(12)19/h3,5-6,9,15,19H,4,7-8H2,1-2H3. The molecule has 1 heterocycles. The second-order valence-corrected chi connectivity index (χ2v) is 5.74. The second kappa shape index (κ2) is 4.69. The Balaban J connectivity index is 2.26. The maximum Gasteiger partial charge on any atom is 0.0807 e. The highest BCUT2D eigenvalue weighted by Crippen LogP contribution is 2.36. The molecule has 2 nitrogen and oxygen atoms in total. The van der Waals surface area contributed by atoms with E-state index in [2.05, 4.69) is 30.5 Å². The van der Waals surface area contributed by atoms with Crippen molar-refractivity contribution in [3.63, 3.8) is 0 Å². The van der Waals surface area contributed by atoms with Gasteiger partial charge in [-0.15, -0.1) is 0 Å². The van der Waals surface area contributed by atoms with Gasteiger partial charge in [0, 0.05) is 17.0 Å². The number of para-hydroxylation sites is 1. The van der Waals surface area contributed by atoms with Crippen molar-refractivity contribution in [2.75, 3.05) is 0 Å². The van der Waals surface area contributed by atoms with E-state index in [-0.39, 0.29) is 6.10 Å². The third-order valence-electron chi connectivity index (χ3n) is 3.98. The summed E-state index contributed by atoms with van der Waals surface area (Å²) < 4.78 is 2.22. The molecule has 3 rings (SSSR count). The Labute approximate surface area is 118 Å². The Bertz CT molecular complexity index is 610. The number of benzene rings is 1. The smallest absolute Gasteiger partial charge is 0.0807 e. The lowest BCUT2D eigenvalue weighted by atomic mass is 9.95. The summed E-state index contributed by atoms with van der Waals surface area (Å²) in [5.74, 6) is 0. The van der Waals surface area contributed by atoms with E-state index in [4.69, 9.17) is 11.6 Å². The quantitative estimate of drug-likeness (QED) is 0.832. The van der Waals surface area contributed by atoms with Crippen LogP contribution in [0.15, 0.2) is 24.3 Å². The van der Waals surface area contributed by atoms with Crippen molar-refractivity contribution in [1.29, 1.82) is 0 Å². The minimum atomic E-state index is -0.327. The maximum atomic E-state index is 10.1. The van der Waals surface area contributed by atoms with E-state index in [9.17, 15) is 5.11 Å². The fraction of sp³-hybridized carbons (Fsp3) is 0.375. The van der Waals surface area contributed by atoms with Crippen molar-refractivity contribution >= 4 is 11.6 Å². The van der Waals surface area contributed by atoms with Gasteiger partial charge in [-0.25, -0.2) is 0 Å². The number of aryl methyl sites for hydroxylation is 2. The van der Waals surface area contributed by atoms with Crippen LogP contribution in [0, 0.1) is 13.8 Å². The van der Waals surface area contributed by atoms with Crippen LogP contribution in [-0.4, -0.2) is 9.67 Å². The molecule has 19 heavy (non-hydrogen) atoms.